The zero-order valence-electron chi connectivity index (χ0n) is 23.1. The number of hydrogen-bond acceptors (Lipinski definition) is 5. The van der Waals surface area contributed by atoms with Crippen molar-refractivity contribution in [2.45, 2.75) is 105 Å². The van der Waals surface area contributed by atoms with Crippen LogP contribution in [0.5, 0.6) is 0 Å². The van der Waals surface area contributed by atoms with Crippen molar-refractivity contribution in [1.29, 1.82) is 0 Å². The van der Waals surface area contributed by atoms with Crippen molar-refractivity contribution in [1.82, 2.24) is 4.98 Å². The molecule has 0 atom stereocenters. The molecule has 0 aromatic carbocycles. The number of halogens is 2. The first-order valence-electron chi connectivity index (χ1n) is 12.8. The van der Waals surface area contributed by atoms with Crippen LogP contribution in [0.2, 0.25) is 0 Å². The molecule has 3 rings (SSSR count). The maximum absolute atomic E-state index is 13.1. The van der Waals surface area contributed by atoms with Gasteiger partial charge >= 0.3 is 6.11 Å². The average Bonchev–Trinajstić information content (AvgIpc) is 2.90. The number of pyridine rings is 1. The van der Waals surface area contributed by atoms with Crippen LogP contribution in [0.3, 0.4) is 0 Å². The Kier molecular flexibility index (Phi) is 20.9. The molecule has 5 nitrogen and oxygen atoms in total. The Bertz CT molecular complexity index is 663. The molecule has 0 amide bonds. The molecule has 1 aromatic rings. The number of aromatic nitrogens is 1. The molecule has 0 N–H and O–H groups in total. The summed E-state index contributed by atoms with van der Waals surface area (Å²) in [6, 6.07) is 3.60. The topological polar surface area (TPSA) is 43.8 Å². The summed E-state index contributed by atoms with van der Waals surface area (Å²) < 4.78 is 41.5. The van der Waals surface area contributed by atoms with E-state index in [1.165, 1.54) is 0 Å². The Morgan fingerprint density at radius 2 is 1.47 bits per heavy atom. The maximum atomic E-state index is 13.1. The third kappa shape index (κ3) is 12.6. The summed E-state index contributed by atoms with van der Waals surface area (Å²) in [5.41, 5.74) is 1.24. The highest BCUT2D eigenvalue weighted by Gasteiger charge is 2.33. The molecule has 1 aliphatic heterocycles. The van der Waals surface area contributed by atoms with E-state index < -0.39 is 6.11 Å². The van der Waals surface area contributed by atoms with Gasteiger partial charge < -0.3 is 19.1 Å². The van der Waals surface area contributed by atoms with Crippen molar-refractivity contribution >= 4 is 5.69 Å². The van der Waals surface area contributed by atoms with Crippen molar-refractivity contribution in [3.8, 4) is 11.8 Å². The largest absolute Gasteiger partial charge is 0.423 e. The van der Waals surface area contributed by atoms with E-state index in [1.54, 1.807) is 25.3 Å². The van der Waals surface area contributed by atoms with Gasteiger partial charge in [0.25, 0.3) is 0 Å². The van der Waals surface area contributed by atoms with E-state index in [9.17, 15) is 8.78 Å². The fraction of sp³-hybridized carbons (Fsp3) is 0.741. The normalized spacial score (nSPS) is 19.0. The van der Waals surface area contributed by atoms with Crippen LogP contribution in [0.15, 0.2) is 18.3 Å². The molecular formula is C27H48F2N2O3. The molecule has 0 bridgehead atoms. The zero-order valence-corrected chi connectivity index (χ0v) is 23.1. The van der Waals surface area contributed by atoms with Gasteiger partial charge in [-0.1, -0.05) is 55.4 Å². The molecule has 1 saturated carbocycles. The molecule has 0 radical (unpaired) electrons. The standard InChI is InChI=1S/C19H24F2N2O3.4C2H6/c1-24-17-12-18(13-17)26-16-5-9-23(10-6-16)15-4-8-22-14(11-15)3-7-19(20,21)25-2;4*1-2/h4,8,11,16-18H,5-6,9-10,12-13H2,1-2H3;4*1-2H3. The molecule has 7 heteroatoms. The van der Waals surface area contributed by atoms with Crippen molar-refractivity contribution in [3.63, 3.8) is 0 Å². The van der Waals surface area contributed by atoms with Gasteiger partial charge in [0.15, 0.2) is 0 Å². The number of hydrogen-bond donors (Lipinski definition) is 0. The van der Waals surface area contributed by atoms with Gasteiger partial charge in [-0.25, -0.2) is 4.98 Å². The highest BCUT2D eigenvalue weighted by Crippen LogP contribution is 2.30. The predicted molar refractivity (Wildman–Crippen MR) is 139 cm³/mol. The molecule has 1 saturated heterocycles. The predicted octanol–water partition coefficient (Wildman–Crippen LogP) is 6.94. The fourth-order valence-electron chi connectivity index (χ4n) is 3.22. The minimum Gasteiger partial charge on any atom is -0.381 e. The fourth-order valence-corrected chi connectivity index (χ4v) is 3.22. The van der Waals surface area contributed by atoms with Crippen molar-refractivity contribution < 1.29 is 23.0 Å². The van der Waals surface area contributed by atoms with Crippen molar-refractivity contribution in [2.75, 3.05) is 32.2 Å². The summed E-state index contributed by atoms with van der Waals surface area (Å²) >= 11 is 0. The molecular weight excluding hydrogens is 438 g/mol. The third-order valence-electron chi connectivity index (χ3n) is 4.91. The molecule has 34 heavy (non-hydrogen) atoms. The Balaban J connectivity index is 0. The van der Waals surface area contributed by atoms with E-state index in [-0.39, 0.29) is 6.10 Å². The summed E-state index contributed by atoms with van der Waals surface area (Å²) in [4.78, 5) is 6.24. The van der Waals surface area contributed by atoms with Gasteiger partial charge in [-0.05, 0) is 43.7 Å². The van der Waals surface area contributed by atoms with E-state index in [4.69, 9.17) is 9.47 Å². The van der Waals surface area contributed by atoms with Gasteiger partial charge in [-0.2, -0.15) is 8.78 Å². The average molecular weight is 487 g/mol. The molecule has 2 aliphatic rings. The lowest BCUT2D eigenvalue weighted by Crippen LogP contribution is -2.43. The maximum Gasteiger partial charge on any atom is 0.423 e. The van der Waals surface area contributed by atoms with Crippen LogP contribution >= 0.6 is 0 Å². The summed E-state index contributed by atoms with van der Waals surface area (Å²) in [6.07, 6.45) is 2.92. The molecule has 198 valence electrons. The number of nitrogens with zero attached hydrogens (tertiary/aromatic N) is 2. The first kappa shape index (κ1) is 34.4. The zero-order chi connectivity index (χ0) is 26.6. The molecule has 1 aliphatic carbocycles. The summed E-state index contributed by atoms with van der Waals surface area (Å²) in [5, 5.41) is 0. The second-order valence-electron chi connectivity index (χ2n) is 6.64. The Hall–Kier alpha value is -1.75. The van der Waals surface area contributed by atoms with Gasteiger partial charge in [0.2, 0.25) is 0 Å². The van der Waals surface area contributed by atoms with E-state index in [2.05, 4.69) is 20.5 Å². The Morgan fingerprint density at radius 3 is 1.97 bits per heavy atom. The van der Waals surface area contributed by atoms with Crippen molar-refractivity contribution in [2.24, 2.45) is 0 Å². The van der Waals surface area contributed by atoms with E-state index in [0.717, 1.165) is 51.6 Å². The minimum absolute atomic E-state index is 0.274. The second kappa shape index (κ2) is 20.6. The molecule has 2 heterocycles. The SMILES string of the molecule is CC.CC.CC.CC.COC1CC(OC2CCN(c3ccnc(C#CC(F)(F)OC)c3)CC2)C1. The summed E-state index contributed by atoms with van der Waals surface area (Å²) in [7, 11) is 2.66. The lowest BCUT2D eigenvalue weighted by atomic mass is 9.91. The van der Waals surface area contributed by atoms with Crippen LogP contribution in [-0.2, 0) is 14.2 Å². The van der Waals surface area contributed by atoms with E-state index in [0.29, 0.717) is 17.9 Å². The van der Waals surface area contributed by atoms with Crippen molar-refractivity contribution in [3.05, 3.63) is 24.0 Å². The minimum atomic E-state index is -3.46. The van der Waals surface area contributed by atoms with Crippen LogP contribution in [0.4, 0.5) is 14.5 Å². The first-order chi connectivity index (χ1) is 16.5. The number of anilines is 1. The van der Waals surface area contributed by atoms with Crippen LogP contribution in [-0.4, -0.2) is 56.7 Å². The van der Waals surface area contributed by atoms with Crippen LogP contribution < -0.4 is 4.90 Å². The molecule has 0 spiro atoms. The summed E-state index contributed by atoms with van der Waals surface area (Å²) in [6.45, 7) is 17.7. The van der Waals surface area contributed by atoms with Gasteiger partial charge in [0.05, 0.1) is 18.3 Å². The quantitative estimate of drug-likeness (QED) is 0.422. The van der Waals surface area contributed by atoms with Crippen LogP contribution in [0.1, 0.15) is 86.8 Å². The van der Waals surface area contributed by atoms with Gasteiger partial charge in [0, 0.05) is 45.1 Å². The Morgan fingerprint density at radius 1 is 0.912 bits per heavy atom. The number of methoxy groups -OCH3 is 2. The van der Waals surface area contributed by atoms with Crippen LogP contribution in [0, 0.1) is 11.8 Å². The third-order valence-corrected chi connectivity index (χ3v) is 4.91. The number of alkyl halides is 2. The highest BCUT2D eigenvalue weighted by atomic mass is 19.3. The molecule has 1 aromatic heterocycles. The Labute approximate surface area is 207 Å². The number of ether oxygens (including phenoxy) is 3. The monoisotopic (exact) mass is 486 g/mol. The van der Waals surface area contributed by atoms with Crippen LogP contribution in [0.25, 0.3) is 0 Å². The lowest BCUT2D eigenvalue weighted by molar-refractivity contribution is -0.172. The van der Waals surface area contributed by atoms with Gasteiger partial charge in [-0.3, -0.25) is 0 Å². The van der Waals surface area contributed by atoms with Gasteiger partial charge in [0.1, 0.15) is 5.69 Å². The van der Waals surface area contributed by atoms with E-state index in [1.807, 2.05) is 61.5 Å². The first-order valence-corrected chi connectivity index (χ1v) is 12.8. The summed E-state index contributed by atoms with van der Waals surface area (Å²) in [5.74, 6) is 4.16. The smallest absolute Gasteiger partial charge is 0.381 e. The molecule has 0 unspecified atom stereocenters. The lowest BCUT2D eigenvalue weighted by Gasteiger charge is -2.40. The second-order valence-corrected chi connectivity index (χ2v) is 6.64. The van der Waals surface area contributed by atoms with E-state index >= 15 is 0 Å². The van der Waals surface area contributed by atoms with Gasteiger partial charge in [-0.15, -0.1) is 0 Å². The molecule has 2 fully saturated rings. The number of piperidine rings is 1. The highest BCUT2D eigenvalue weighted by molar-refractivity contribution is 5.50. The number of rotatable bonds is 5.